The topological polar surface area (TPSA) is 91.5 Å². The molecule has 1 fully saturated rings. The van der Waals surface area contributed by atoms with Gasteiger partial charge in [0.2, 0.25) is 5.96 Å². The molecule has 1 saturated heterocycles. The van der Waals surface area contributed by atoms with E-state index in [0.29, 0.717) is 11.5 Å². The molecule has 0 radical (unpaired) electrons. The first-order valence-corrected chi connectivity index (χ1v) is 10.6. The van der Waals surface area contributed by atoms with E-state index in [1.807, 2.05) is 67.7 Å². The van der Waals surface area contributed by atoms with Crippen molar-refractivity contribution in [1.29, 1.82) is 0 Å². The summed E-state index contributed by atoms with van der Waals surface area (Å²) in [5.74, 6) is 3.96. The molecule has 9 heteroatoms. The highest BCUT2D eigenvalue weighted by Crippen LogP contribution is 2.36. The van der Waals surface area contributed by atoms with Gasteiger partial charge >= 0.3 is 0 Å². The van der Waals surface area contributed by atoms with Crippen LogP contribution in [0.4, 0.5) is 5.82 Å². The van der Waals surface area contributed by atoms with Crippen molar-refractivity contribution in [3.8, 4) is 11.5 Å². The number of aliphatic imine (C=N–C) groups is 1. The maximum Gasteiger partial charge on any atom is 0.202 e. The highest BCUT2D eigenvalue weighted by molar-refractivity contribution is 5.84. The number of hydrogen-bond donors (Lipinski definition) is 2. The Hall–Kier alpha value is -3.46. The molecule has 0 spiro atoms. The Bertz CT molecular complexity index is 1000. The van der Waals surface area contributed by atoms with Gasteiger partial charge in [0, 0.05) is 58.1 Å². The van der Waals surface area contributed by atoms with Crippen LogP contribution in [0.15, 0.2) is 59.5 Å². The predicted molar refractivity (Wildman–Crippen MR) is 126 cm³/mol. The zero-order valence-electron chi connectivity index (χ0n) is 19.1. The zero-order valence-corrected chi connectivity index (χ0v) is 19.1. The maximum atomic E-state index is 6.91. The minimum atomic E-state index is -1.11. The maximum absolute atomic E-state index is 6.91. The molecule has 0 amide bonds. The number of anilines is 1. The molecule has 9 nitrogen and oxygen atoms in total. The van der Waals surface area contributed by atoms with Gasteiger partial charge in [-0.25, -0.2) is 9.98 Å². The lowest BCUT2D eigenvalue weighted by molar-refractivity contribution is 0.347. The van der Waals surface area contributed by atoms with Gasteiger partial charge < -0.3 is 29.5 Å². The molecule has 3 N–H and O–H groups in total. The van der Waals surface area contributed by atoms with Crippen molar-refractivity contribution >= 4 is 11.8 Å². The number of hydrogen-bond acceptors (Lipinski definition) is 9. The van der Waals surface area contributed by atoms with Crippen LogP contribution < -0.4 is 25.4 Å². The van der Waals surface area contributed by atoms with E-state index in [0.717, 1.165) is 49.3 Å². The Kier molecular flexibility index (Phi) is 6.09. The van der Waals surface area contributed by atoms with Crippen molar-refractivity contribution in [2.24, 2.45) is 10.7 Å². The van der Waals surface area contributed by atoms with E-state index in [9.17, 15) is 0 Å². The summed E-state index contributed by atoms with van der Waals surface area (Å²) in [4.78, 5) is 15.9. The Morgan fingerprint density at radius 1 is 1.03 bits per heavy atom. The van der Waals surface area contributed by atoms with E-state index in [1.165, 1.54) is 0 Å². The molecule has 0 saturated carbocycles. The molecule has 4 rings (SSSR count). The molecule has 1 aromatic heterocycles. The lowest BCUT2D eigenvalue weighted by Crippen LogP contribution is -2.56. The van der Waals surface area contributed by atoms with Crippen molar-refractivity contribution in [2.45, 2.75) is 5.66 Å². The number of ether oxygens (including phenoxy) is 2. The number of piperazine rings is 1. The summed E-state index contributed by atoms with van der Waals surface area (Å²) in [6, 6.07) is 11.6. The second kappa shape index (κ2) is 8.96. The van der Waals surface area contributed by atoms with E-state index in [4.69, 9.17) is 20.2 Å². The molecule has 2 aromatic rings. The molecular weight excluding hydrogens is 406 g/mol. The lowest BCUT2D eigenvalue weighted by atomic mass is 9.97. The number of nitrogens with two attached hydrogens (primary N) is 1. The van der Waals surface area contributed by atoms with E-state index in [1.54, 1.807) is 14.2 Å². The minimum absolute atomic E-state index is 0.660. The van der Waals surface area contributed by atoms with E-state index >= 15 is 0 Å². The summed E-state index contributed by atoms with van der Waals surface area (Å²) >= 11 is 0. The Balaban J connectivity index is 1.64. The van der Waals surface area contributed by atoms with Crippen LogP contribution in [-0.4, -0.2) is 75.2 Å². The van der Waals surface area contributed by atoms with Gasteiger partial charge in [-0.2, -0.15) is 0 Å². The summed E-state index contributed by atoms with van der Waals surface area (Å²) in [6.07, 6.45) is 3.74. The van der Waals surface area contributed by atoms with Gasteiger partial charge in [-0.05, 0) is 30.3 Å². The number of benzene rings is 1. The van der Waals surface area contributed by atoms with Crippen molar-refractivity contribution in [1.82, 2.24) is 20.1 Å². The number of nitrogens with one attached hydrogen (secondary N) is 1. The average Bonchev–Trinajstić information content (AvgIpc) is 2.84. The van der Waals surface area contributed by atoms with Crippen molar-refractivity contribution in [3.63, 3.8) is 0 Å². The number of aromatic nitrogens is 1. The first kappa shape index (κ1) is 21.8. The fourth-order valence-electron chi connectivity index (χ4n) is 3.94. The quantitative estimate of drug-likeness (QED) is 0.725. The van der Waals surface area contributed by atoms with E-state index < -0.39 is 5.66 Å². The number of rotatable bonds is 5. The first-order valence-electron chi connectivity index (χ1n) is 10.6. The standard InChI is InChI=1S/C23H31N7O2/c1-28(2)21-16-23(24,18-15-17(31-3)8-9-19(18)32-4)27-22(26-21)30-13-11-29(12-14-30)20-7-5-6-10-25-20/h5-10,15-16H,11-14,24H2,1-4H3,(H,26,27). The highest BCUT2D eigenvalue weighted by Gasteiger charge is 2.35. The van der Waals surface area contributed by atoms with Crippen LogP contribution in [0.2, 0.25) is 0 Å². The van der Waals surface area contributed by atoms with E-state index in [2.05, 4.69) is 20.1 Å². The van der Waals surface area contributed by atoms with Gasteiger partial charge in [0.15, 0.2) is 5.66 Å². The molecule has 0 aliphatic carbocycles. The fraction of sp³-hybridized carbons (Fsp3) is 0.391. The number of methoxy groups -OCH3 is 2. The van der Waals surface area contributed by atoms with Crippen LogP contribution in [-0.2, 0) is 5.66 Å². The molecule has 0 bridgehead atoms. The van der Waals surface area contributed by atoms with Gasteiger partial charge in [-0.3, -0.25) is 5.73 Å². The van der Waals surface area contributed by atoms with Crippen LogP contribution >= 0.6 is 0 Å². The van der Waals surface area contributed by atoms with Crippen LogP contribution in [0.1, 0.15) is 5.56 Å². The largest absolute Gasteiger partial charge is 0.497 e. The Morgan fingerprint density at radius 3 is 2.41 bits per heavy atom. The minimum Gasteiger partial charge on any atom is -0.497 e. The third-order valence-electron chi connectivity index (χ3n) is 5.76. The molecule has 2 aliphatic rings. The smallest absolute Gasteiger partial charge is 0.202 e. The predicted octanol–water partition coefficient (Wildman–Crippen LogP) is 1.39. The second-order valence-electron chi connectivity index (χ2n) is 8.04. The fourth-order valence-corrected chi connectivity index (χ4v) is 3.94. The molecular formula is C23H31N7O2. The van der Waals surface area contributed by atoms with Gasteiger partial charge in [-0.1, -0.05) is 6.07 Å². The molecule has 32 heavy (non-hydrogen) atoms. The van der Waals surface area contributed by atoms with E-state index in [-0.39, 0.29) is 0 Å². The highest BCUT2D eigenvalue weighted by atomic mass is 16.5. The van der Waals surface area contributed by atoms with Crippen LogP contribution in [0, 0.1) is 0 Å². The van der Waals surface area contributed by atoms with Gasteiger partial charge in [0.05, 0.1) is 14.2 Å². The van der Waals surface area contributed by atoms with Crippen LogP contribution in [0.5, 0.6) is 11.5 Å². The van der Waals surface area contributed by atoms with Crippen molar-refractivity contribution in [3.05, 3.63) is 60.1 Å². The van der Waals surface area contributed by atoms with Gasteiger partial charge in [0.25, 0.3) is 0 Å². The Morgan fingerprint density at radius 2 is 1.78 bits per heavy atom. The SMILES string of the molecule is COc1ccc(OC)c(C2(N)C=C(N(C)C)NC(N3CCN(c4ccccn4)CC3)=N2)c1. The second-order valence-corrected chi connectivity index (χ2v) is 8.04. The number of guanidine groups is 1. The summed E-state index contributed by atoms with van der Waals surface area (Å²) in [6.45, 7) is 3.29. The van der Waals surface area contributed by atoms with Crippen LogP contribution in [0.3, 0.4) is 0 Å². The van der Waals surface area contributed by atoms with Crippen molar-refractivity contribution in [2.75, 3.05) is 59.4 Å². The third kappa shape index (κ3) is 4.29. The summed E-state index contributed by atoms with van der Waals surface area (Å²) in [5, 5.41) is 3.44. The van der Waals surface area contributed by atoms with Gasteiger partial charge in [-0.15, -0.1) is 0 Å². The third-order valence-corrected chi connectivity index (χ3v) is 5.76. The number of pyridine rings is 1. The first-order chi connectivity index (χ1) is 15.4. The van der Waals surface area contributed by atoms with Crippen molar-refractivity contribution < 1.29 is 9.47 Å². The summed E-state index contributed by atoms with van der Waals surface area (Å²) < 4.78 is 11.0. The number of nitrogens with zero attached hydrogens (tertiary/aromatic N) is 5. The monoisotopic (exact) mass is 437 g/mol. The Labute approximate surface area is 189 Å². The summed E-state index contributed by atoms with van der Waals surface area (Å²) in [5.41, 5.74) is 6.54. The molecule has 1 unspecified atom stereocenters. The normalized spacial score (nSPS) is 20.8. The average molecular weight is 438 g/mol. The molecule has 1 aromatic carbocycles. The molecule has 1 atom stereocenters. The lowest BCUT2D eigenvalue weighted by Gasteiger charge is -2.41. The summed E-state index contributed by atoms with van der Waals surface area (Å²) in [7, 11) is 7.22. The molecule has 3 heterocycles. The zero-order chi connectivity index (χ0) is 22.7. The van der Waals surface area contributed by atoms with Gasteiger partial charge in [0.1, 0.15) is 23.1 Å². The molecule has 170 valence electrons. The molecule has 2 aliphatic heterocycles. The van der Waals surface area contributed by atoms with Crippen LogP contribution in [0.25, 0.3) is 0 Å².